The molecule has 1 N–H and O–H groups in total. The predicted molar refractivity (Wildman–Crippen MR) is 47.5 cm³/mol. The fourth-order valence-corrected chi connectivity index (χ4v) is 1.35. The third-order valence-corrected chi connectivity index (χ3v) is 2.08. The molecule has 12 heavy (non-hydrogen) atoms. The van der Waals surface area contributed by atoms with Gasteiger partial charge in [0.15, 0.2) is 5.78 Å². The third-order valence-electron chi connectivity index (χ3n) is 2.08. The minimum atomic E-state index is 0.0156. The van der Waals surface area contributed by atoms with Gasteiger partial charge in [0.05, 0.1) is 5.57 Å². The van der Waals surface area contributed by atoms with E-state index >= 15 is 0 Å². The Balaban J connectivity index is 3.04. The summed E-state index contributed by atoms with van der Waals surface area (Å²) in [5, 5.41) is 9.42. The lowest BCUT2D eigenvalue weighted by Gasteiger charge is -2.14. The molecular weight excluding hydrogens is 154 g/mol. The molecule has 0 saturated heterocycles. The Kier molecular flexibility index (Phi) is 2.63. The van der Waals surface area contributed by atoms with Crippen LogP contribution in [-0.4, -0.2) is 23.6 Å². The molecule has 0 heterocycles. The summed E-state index contributed by atoms with van der Waals surface area (Å²) in [6.45, 7) is 1.74. The number of hydrogen-bond donors (Lipinski definition) is 1. The number of carbonyl (C=O) groups is 1. The lowest BCUT2D eigenvalue weighted by molar-refractivity contribution is -0.115. The van der Waals surface area contributed by atoms with E-state index < -0.39 is 0 Å². The molecule has 3 heteroatoms. The fourth-order valence-electron chi connectivity index (χ4n) is 1.35. The first-order valence-corrected chi connectivity index (χ1v) is 4.06. The number of ketones is 1. The Labute approximate surface area is 71.8 Å². The van der Waals surface area contributed by atoms with Crippen molar-refractivity contribution in [2.24, 2.45) is 4.99 Å². The number of aliphatic imine (C=N–C) groups is 1. The van der Waals surface area contributed by atoms with Crippen molar-refractivity contribution >= 4 is 11.5 Å². The van der Waals surface area contributed by atoms with E-state index in [9.17, 15) is 9.90 Å². The molecule has 0 bridgehead atoms. The van der Waals surface area contributed by atoms with Crippen LogP contribution in [0.1, 0.15) is 26.2 Å². The standard InChI is InChI=1S/C9H13NO2/c1-6(10-2)9-7(11)4-3-5-8(9)12/h11H,3-5H2,1-2H3. The largest absolute Gasteiger partial charge is 0.511 e. The van der Waals surface area contributed by atoms with E-state index in [0.29, 0.717) is 24.1 Å². The molecule has 1 aliphatic carbocycles. The molecule has 0 atom stereocenters. The van der Waals surface area contributed by atoms with Crippen LogP contribution in [0.3, 0.4) is 0 Å². The van der Waals surface area contributed by atoms with E-state index in [-0.39, 0.29) is 11.5 Å². The Morgan fingerprint density at radius 3 is 2.67 bits per heavy atom. The van der Waals surface area contributed by atoms with Gasteiger partial charge in [-0.05, 0) is 13.3 Å². The smallest absolute Gasteiger partial charge is 0.168 e. The summed E-state index contributed by atoms with van der Waals surface area (Å²) in [5.74, 6) is 0.219. The van der Waals surface area contributed by atoms with Crippen LogP contribution in [0.25, 0.3) is 0 Å². The minimum Gasteiger partial charge on any atom is -0.511 e. The van der Waals surface area contributed by atoms with Crippen molar-refractivity contribution in [1.29, 1.82) is 0 Å². The van der Waals surface area contributed by atoms with Gasteiger partial charge in [0, 0.05) is 25.6 Å². The van der Waals surface area contributed by atoms with Crippen molar-refractivity contribution in [3.05, 3.63) is 11.3 Å². The first-order chi connectivity index (χ1) is 5.66. The number of aliphatic hydroxyl groups excluding tert-OH is 1. The molecule has 3 nitrogen and oxygen atoms in total. The van der Waals surface area contributed by atoms with E-state index in [1.54, 1.807) is 14.0 Å². The van der Waals surface area contributed by atoms with Gasteiger partial charge in [0.2, 0.25) is 0 Å². The van der Waals surface area contributed by atoms with Crippen molar-refractivity contribution in [3.63, 3.8) is 0 Å². The minimum absolute atomic E-state index is 0.0156. The van der Waals surface area contributed by atoms with Gasteiger partial charge in [-0.25, -0.2) is 0 Å². The highest BCUT2D eigenvalue weighted by molar-refractivity contribution is 6.22. The van der Waals surface area contributed by atoms with E-state index in [2.05, 4.69) is 4.99 Å². The summed E-state index contributed by atoms with van der Waals surface area (Å²) in [5.41, 5.74) is 1.07. The van der Waals surface area contributed by atoms with Crippen LogP contribution in [0.15, 0.2) is 16.3 Å². The zero-order valence-corrected chi connectivity index (χ0v) is 7.42. The Hall–Kier alpha value is -1.12. The van der Waals surface area contributed by atoms with Crippen molar-refractivity contribution in [1.82, 2.24) is 0 Å². The molecule has 1 rings (SSSR count). The van der Waals surface area contributed by atoms with Crippen LogP contribution in [0.2, 0.25) is 0 Å². The molecule has 0 amide bonds. The molecule has 0 aromatic rings. The van der Waals surface area contributed by atoms with E-state index in [4.69, 9.17) is 0 Å². The van der Waals surface area contributed by atoms with Crippen LogP contribution < -0.4 is 0 Å². The van der Waals surface area contributed by atoms with Crippen molar-refractivity contribution < 1.29 is 9.90 Å². The number of aliphatic hydroxyl groups is 1. The van der Waals surface area contributed by atoms with Gasteiger partial charge >= 0.3 is 0 Å². The van der Waals surface area contributed by atoms with Crippen molar-refractivity contribution in [3.8, 4) is 0 Å². The summed E-state index contributed by atoms with van der Waals surface area (Å²) < 4.78 is 0. The lowest BCUT2D eigenvalue weighted by Crippen LogP contribution is -2.17. The third kappa shape index (κ3) is 1.55. The summed E-state index contributed by atoms with van der Waals surface area (Å²) in [4.78, 5) is 15.2. The molecule has 66 valence electrons. The highest BCUT2D eigenvalue weighted by Crippen LogP contribution is 2.20. The average molecular weight is 167 g/mol. The van der Waals surface area contributed by atoms with E-state index in [1.807, 2.05) is 0 Å². The molecule has 0 radical (unpaired) electrons. The second kappa shape index (κ2) is 3.52. The number of Topliss-reactive ketones (excluding diaryl/α,β-unsaturated/α-hetero) is 1. The number of nitrogens with zero attached hydrogens (tertiary/aromatic N) is 1. The highest BCUT2D eigenvalue weighted by atomic mass is 16.3. The van der Waals surface area contributed by atoms with Crippen molar-refractivity contribution in [2.45, 2.75) is 26.2 Å². The Bertz CT molecular complexity index is 264. The SMILES string of the molecule is CN=C(C)C1=C(O)CCCC1=O. The predicted octanol–water partition coefficient (Wildman–Crippen LogP) is 1.64. The zero-order valence-electron chi connectivity index (χ0n) is 7.42. The molecule has 0 aromatic carbocycles. The van der Waals surface area contributed by atoms with Gasteiger partial charge in [-0.1, -0.05) is 0 Å². The molecular formula is C9H13NO2. The van der Waals surface area contributed by atoms with Gasteiger partial charge in [-0.2, -0.15) is 0 Å². The van der Waals surface area contributed by atoms with Gasteiger partial charge in [0.1, 0.15) is 5.76 Å². The molecule has 0 aliphatic heterocycles. The summed E-state index contributed by atoms with van der Waals surface area (Å²) in [7, 11) is 1.62. The number of carbonyl (C=O) groups excluding carboxylic acids is 1. The lowest BCUT2D eigenvalue weighted by atomic mass is 9.93. The number of rotatable bonds is 1. The maximum Gasteiger partial charge on any atom is 0.168 e. The van der Waals surface area contributed by atoms with Gasteiger partial charge in [-0.3, -0.25) is 9.79 Å². The van der Waals surface area contributed by atoms with Crippen LogP contribution >= 0.6 is 0 Å². The second-order valence-corrected chi connectivity index (χ2v) is 2.91. The molecule has 0 spiro atoms. The van der Waals surface area contributed by atoms with Gasteiger partial charge in [-0.15, -0.1) is 0 Å². The van der Waals surface area contributed by atoms with Crippen LogP contribution in [-0.2, 0) is 4.79 Å². The van der Waals surface area contributed by atoms with Gasteiger partial charge < -0.3 is 5.11 Å². The maximum atomic E-state index is 11.3. The topological polar surface area (TPSA) is 49.7 Å². The highest BCUT2D eigenvalue weighted by Gasteiger charge is 2.21. The Morgan fingerprint density at radius 1 is 1.50 bits per heavy atom. The Morgan fingerprint density at radius 2 is 2.17 bits per heavy atom. The van der Waals surface area contributed by atoms with Gasteiger partial charge in [0.25, 0.3) is 0 Å². The van der Waals surface area contributed by atoms with Crippen LogP contribution in [0, 0.1) is 0 Å². The summed E-state index contributed by atoms with van der Waals surface area (Å²) >= 11 is 0. The first-order valence-electron chi connectivity index (χ1n) is 4.06. The number of hydrogen-bond acceptors (Lipinski definition) is 3. The summed E-state index contributed by atoms with van der Waals surface area (Å²) in [6, 6.07) is 0. The van der Waals surface area contributed by atoms with Crippen molar-refractivity contribution in [2.75, 3.05) is 7.05 Å². The maximum absolute atomic E-state index is 11.3. The van der Waals surface area contributed by atoms with E-state index in [0.717, 1.165) is 6.42 Å². The fraction of sp³-hybridized carbons (Fsp3) is 0.556. The molecule has 1 aliphatic rings. The summed E-state index contributed by atoms with van der Waals surface area (Å²) in [6.07, 6.45) is 1.89. The normalized spacial score (nSPS) is 20.2. The molecule has 0 fully saturated rings. The monoisotopic (exact) mass is 167 g/mol. The van der Waals surface area contributed by atoms with Crippen LogP contribution in [0.5, 0.6) is 0 Å². The zero-order chi connectivity index (χ0) is 9.14. The van der Waals surface area contributed by atoms with Crippen LogP contribution in [0.4, 0.5) is 0 Å². The molecule has 0 unspecified atom stereocenters. The first kappa shape index (κ1) is 8.97. The second-order valence-electron chi connectivity index (χ2n) is 2.91. The molecule has 0 saturated carbocycles. The number of allylic oxidation sites excluding steroid dienone is 2. The average Bonchev–Trinajstić information content (AvgIpc) is 2.03. The quantitative estimate of drug-likeness (QED) is 0.603. The molecule has 0 aromatic heterocycles. The van der Waals surface area contributed by atoms with E-state index in [1.165, 1.54) is 0 Å².